The predicted molar refractivity (Wildman–Crippen MR) is 109 cm³/mol. The molecule has 0 spiro atoms. The van der Waals surface area contributed by atoms with Crippen LogP contribution in [0.25, 0.3) is 5.76 Å². The molecule has 5 nitrogen and oxygen atoms in total. The topological polar surface area (TPSA) is 70.8 Å². The van der Waals surface area contributed by atoms with Crippen LogP contribution in [0.4, 0.5) is 4.39 Å². The number of hydrogen-bond acceptors (Lipinski definition) is 4. The molecule has 2 heterocycles. The van der Waals surface area contributed by atoms with Gasteiger partial charge in [0.2, 0.25) is 0 Å². The Labute approximate surface area is 173 Å². The first kappa shape index (κ1) is 19.6. The van der Waals surface area contributed by atoms with E-state index in [0.29, 0.717) is 16.9 Å². The van der Waals surface area contributed by atoms with Gasteiger partial charge < -0.3 is 14.4 Å². The predicted octanol–water partition coefficient (Wildman–Crippen LogP) is 4.66. The van der Waals surface area contributed by atoms with Gasteiger partial charge in [-0.05, 0) is 55.3 Å². The van der Waals surface area contributed by atoms with Crippen molar-refractivity contribution in [3.05, 3.63) is 100 Å². The fraction of sp³-hybridized carbons (Fsp3) is 0.167. The molecule has 1 atom stereocenters. The van der Waals surface area contributed by atoms with E-state index in [1.165, 1.54) is 23.3 Å². The Bertz CT molecular complexity index is 1150. The number of aliphatic hydroxyl groups excluding tert-OH is 1. The number of carbonyl (C=O) groups excluding carboxylic acids is 2. The number of halogens is 1. The number of nitrogens with zero attached hydrogens (tertiary/aromatic N) is 1. The second-order valence-corrected chi connectivity index (χ2v) is 7.39. The van der Waals surface area contributed by atoms with Gasteiger partial charge in [0.1, 0.15) is 23.4 Å². The fourth-order valence-corrected chi connectivity index (χ4v) is 3.71. The second kappa shape index (κ2) is 7.63. The van der Waals surface area contributed by atoms with Crippen LogP contribution in [0.3, 0.4) is 0 Å². The number of likely N-dealkylation sites (tertiary alicyclic amines) is 1. The molecule has 30 heavy (non-hydrogen) atoms. The summed E-state index contributed by atoms with van der Waals surface area (Å²) in [6, 6.07) is 13.7. The minimum Gasteiger partial charge on any atom is -0.507 e. The van der Waals surface area contributed by atoms with Crippen LogP contribution in [-0.4, -0.2) is 21.7 Å². The Kier molecular flexibility index (Phi) is 4.99. The van der Waals surface area contributed by atoms with Crippen molar-refractivity contribution in [1.29, 1.82) is 0 Å². The number of rotatable bonds is 4. The van der Waals surface area contributed by atoms with Crippen LogP contribution in [0.2, 0.25) is 0 Å². The van der Waals surface area contributed by atoms with Gasteiger partial charge in [-0.1, -0.05) is 29.8 Å². The molecular formula is C24H20FNO4. The molecule has 1 amide bonds. The van der Waals surface area contributed by atoms with Crippen molar-refractivity contribution >= 4 is 17.4 Å². The first-order valence-electron chi connectivity index (χ1n) is 9.50. The Morgan fingerprint density at radius 2 is 1.83 bits per heavy atom. The lowest BCUT2D eigenvalue weighted by atomic mass is 9.96. The molecule has 1 N–H and O–H groups in total. The molecule has 0 bridgehead atoms. The van der Waals surface area contributed by atoms with Crippen LogP contribution in [0.5, 0.6) is 0 Å². The molecule has 1 saturated heterocycles. The Balaban J connectivity index is 1.85. The van der Waals surface area contributed by atoms with Crippen LogP contribution >= 0.6 is 0 Å². The van der Waals surface area contributed by atoms with E-state index in [2.05, 4.69) is 0 Å². The number of aliphatic hydroxyl groups is 1. The fourth-order valence-electron chi connectivity index (χ4n) is 3.71. The van der Waals surface area contributed by atoms with Gasteiger partial charge in [0.15, 0.2) is 0 Å². The summed E-state index contributed by atoms with van der Waals surface area (Å²) in [6.07, 6.45) is 1.45. The third-order valence-electron chi connectivity index (χ3n) is 5.27. The van der Waals surface area contributed by atoms with Crippen molar-refractivity contribution in [1.82, 2.24) is 4.90 Å². The number of hydrogen-bond donors (Lipinski definition) is 1. The van der Waals surface area contributed by atoms with E-state index in [1.54, 1.807) is 30.3 Å². The lowest BCUT2D eigenvalue weighted by molar-refractivity contribution is -0.140. The molecule has 6 heteroatoms. The summed E-state index contributed by atoms with van der Waals surface area (Å²) in [5, 5.41) is 11.1. The first-order valence-corrected chi connectivity index (χ1v) is 9.50. The number of Topliss-reactive ketones (excluding diaryl/α,β-unsaturated/α-hetero) is 1. The summed E-state index contributed by atoms with van der Waals surface area (Å²) in [4.78, 5) is 27.2. The summed E-state index contributed by atoms with van der Waals surface area (Å²) in [5.74, 6) is -1.79. The van der Waals surface area contributed by atoms with Crippen LogP contribution < -0.4 is 0 Å². The Morgan fingerprint density at radius 3 is 2.50 bits per heavy atom. The lowest BCUT2D eigenvalue weighted by Crippen LogP contribution is -2.29. The molecule has 0 saturated carbocycles. The second-order valence-electron chi connectivity index (χ2n) is 7.39. The van der Waals surface area contributed by atoms with Crippen molar-refractivity contribution in [3.63, 3.8) is 0 Å². The molecule has 1 fully saturated rings. The summed E-state index contributed by atoms with van der Waals surface area (Å²) in [5.41, 5.74) is 2.82. The molecule has 152 valence electrons. The number of aryl methyl sites for hydroxylation is 2. The molecule has 1 unspecified atom stereocenters. The number of benzene rings is 2. The number of amides is 1. The number of furan rings is 1. The highest BCUT2D eigenvalue weighted by Gasteiger charge is 2.47. The van der Waals surface area contributed by atoms with E-state index in [0.717, 1.165) is 11.1 Å². The van der Waals surface area contributed by atoms with E-state index >= 15 is 0 Å². The Morgan fingerprint density at radius 1 is 1.10 bits per heavy atom. The van der Waals surface area contributed by atoms with Crippen molar-refractivity contribution in [2.45, 2.75) is 26.4 Å². The van der Waals surface area contributed by atoms with Crippen molar-refractivity contribution in [2.24, 2.45) is 0 Å². The molecular weight excluding hydrogens is 385 g/mol. The number of ketones is 1. The lowest BCUT2D eigenvalue weighted by Gasteiger charge is -2.23. The third kappa shape index (κ3) is 3.41. The largest absolute Gasteiger partial charge is 0.507 e. The van der Waals surface area contributed by atoms with Crippen molar-refractivity contribution in [3.8, 4) is 0 Å². The maximum absolute atomic E-state index is 13.3. The van der Waals surface area contributed by atoms with Gasteiger partial charge in [-0.25, -0.2) is 4.39 Å². The molecule has 1 aliphatic heterocycles. The Hall–Kier alpha value is -3.67. The highest BCUT2D eigenvalue weighted by atomic mass is 19.1. The van der Waals surface area contributed by atoms with Crippen molar-refractivity contribution in [2.75, 3.05) is 0 Å². The molecule has 3 aromatic rings. The summed E-state index contributed by atoms with van der Waals surface area (Å²) < 4.78 is 18.8. The molecule has 1 aromatic heterocycles. The average Bonchev–Trinajstić information content (AvgIpc) is 3.33. The van der Waals surface area contributed by atoms with Gasteiger partial charge in [-0.2, -0.15) is 0 Å². The first-order chi connectivity index (χ1) is 14.4. The maximum Gasteiger partial charge on any atom is 0.296 e. The van der Waals surface area contributed by atoms with E-state index < -0.39 is 23.5 Å². The van der Waals surface area contributed by atoms with E-state index in [1.807, 2.05) is 26.0 Å². The standard InChI is InChI=1S/C24H20FNO4/c1-14-5-6-15(2)18(12-14)22(27)20-21(19-4-3-11-30-19)26(24(29)23(20)28)13-16-7-9-17(25)10-8-16/h3-12,21,27H,13H2,1-2H3/b22-20-. The van der Waals surface area contributed by atoms with Crippen molar-refractivity contribution < 1.29 is 23.5 Å². The quantitative estimate of drug-likeness (QED) is 0.389. The summed E-state index contributed by atoms with van der Waals surface area (Å²) in [6.45, 7) is 3.78. The molecule has 0 radical (unpaired) electrons. The highest BCUT2D eigenvalue weighted by molar-refractivity contribution is 6.46. The zero-order valence-corrected chi connectivity index (χ0v) is 16.6. The average molecular weight is 405 g/mol. The smallest absolute Gasteiger partial charge is 0.296 e. The normalized spacial score (nSPS) is 18.2. The number of carbonyl (C=O) groups is 2. The van der Waals surface area contributed by atoms with E-state index in [-0.39, 0.29) is 17.9 Å². The van der Waals surface area contributed by atoms with Gasteiger partial charge in [-0.3, -0.25) is 9.59 Å². The summed E-state index contributed by atoms with van der Waals surface area (Å²) >= 11 is 0. The third-order valence-corrected chi connectivity index (χ3v) is 5.27. The minimum absolute atomic E-state index is 0.0224. The highest BCUT2D eigenvalue weighted by Crippen LogP contribution is 2.40. The SMILES string of the molecule is Cc1ccc(C)c(/C(O)=C2/C(=O)C(=O)N(Cc3ccc(F)cc3)C2c2ccco2)c1. The van der Waals surface area contributed by atoms with Crippen LogP contribution in [0, 0.1) is 19.7 Å². The van der Waals surface area contributed by atoms with Gasteiger partial charge in [0, 0.05) is 12.1 Å². The maximum atomic E-state index is 13.3. The van der Waals surface area contributed by atoms with E-state index in [9.17, 15) is 19.1 Å². The van der Waals surface area contributed by atoms with Crippen LogP contribution in [-0.2, 0) is 16.1 Å². The molecule has 1 aliphatic rings. The van der Waals surface area contributed by atoms with Gasteiger partial charge in [-0.15, -0.1) is 0 Å². The molecule has 4 rings (SSSR count). The monoisotopic (exact) mass is 405 g/mol. The summed E-state index contributed by atoms with van der Waals surface area (Å²) in [7, 11) is 0. The van der Waals surface area contributed by atoms with Gasteiger partial charge >= 0.3 is 0 Å². The molecule has 0 aliphatic carbocycles. The van der Waals surface area contributed by atoms with Crippen LogP contribution in [0.1, 0.15) is 34.1 Å². The zero-order valence-electron chi connectivity index (χ0n) is 16.6. The van der Waals surface area contributed by atoms with Gasteiger partial charge in [0.05, 0.1) is 11.8 Å². The van der Waals surface area contributed by atoms with Gasteiger partial charge in [0.25, 0.3) is 11.7 Å². The van der Waals surface area contributed by atoms with Crippen LogP contribution in [0.15, 0.2) is 70.9 Å². The van der Waals surface area contributed by atoms with E-state index in [4.69, 9.17) is 4.42 Å². The zero-order chi connectivity index (χ0) is 21.4. The molecule has 2 aromatic carbocycles. The minimum atomic E-state index is -0.884.